The first-order valence-corrected chi connectivity index (χ1v) is 9.42. The SMILES string of the molecule is CCN(CC1CCC1)S(=O)(=O)c1ccc2c(c1)NCCC2. The molecule has 1 aliphatic heterocycles. The Bertz CT molecular complexity index is 609. The number of sulfonamides is 1. The van der Waals surface area contributed by atoms with E-state index in [1.54, 1.807) is 10.4 Å². The van der Waals surface area contributed by atoms with Crippen LogP contribution in [0.15, 0.2) is 23.1 Å². The highest BCUT2D eigenvalue weighted by atomic mass is 32.2. The van der Waals surface area contributed by atoms with Crippen LogP contribution in [-0.4, -0.2) is 32.4 Å². The number of hydrogen-bond donors (Lipinski definition) is 1. The lowest BCUT2D eigenvalue weighted by atomic mass is 9.85. The first-order chi connectivity index (χ1) is 10.1. The third-order valence-electron chi connectivity index (χ3n) is 4.70. The Kier molecular flexibility index (Phi) is 4.22. The van der Waals surface area contributed by atoms with Gasteiger partial charge in [0.2, 0.25) is 10.0 Å². The van der Waals surface area contributed by atoms with Gasteiger partial charge in [-0.15, -0.1) is 0 Å². The molecule has 0 radical (unpaired) electrons. The molecular formula is C16H24N2O2S. The molecule has 5 heteroatoms. The van der Waals surface area contributed by atoms with Crippen molar-refractivity contribution in [2.24, 2.45) is 5.92 Å². The van der Waals surface area contributed by atoms with Gasteiger partial charge in [-0.05, 0) is 49.3 Å². The van der Waals surface area contributed by atoms with Gasteiger partial charge in [-0.1, -0.05) is 19.4 Å². The van der Waals surface area contributed by atoms with Crippen LogP contribution in [0.1, 0.15) is 38.2 Å². The van der Waals surface area contributed by atoms with E-state index in [2.05, 4.69) is 5.32 Å². The molecule has 0 aromatic heterocycles. The van der Waals surface area contributed by atoms with Gasteiger partial charge < -0.3 is 5.32 Å². The van der Waals surface area contributed by atoms with Gasteiger partial charge >= 0.3 is 0 Å². The second-order valence-electron chi connectivity index (χ2n) is 6.10. The van der Waals surface area contributed by atoms with Crippen LogP contribution in [0, 0.1) is 5.92 Å². The number of anilines is 1. The lowest BCUT2D eigenvalue weighted by molar-refractivity contribution is 0.250. The van der Waals surface area contributed by atoms with Crippen LogP contribution < -0.4 is 5.32 Å². The summed E-state index contributed by atoms with van der Waals surface area (Å²) in [6.07, 6.45) is 5.71. The number of rotatable bonds is 5. The van der Waals surface area contributed by atoms with Gasteiger partial charge in [0.1, 0.15) is 0 Å². The summed E-state index contributed by atoms with van der Waals surface area (Å²) in [7, 11) is -3.36. The van der Waals surface area contributed by atoms with E-state index in [9.17, 15) is 8.42 Å². The number of fused-ring (bicyclic) bond motifs is 1. The molecule has 1 aliphatic carbocycles. The Morgan fingerprint density at radius 1 is 1.29 bits per heavy atom. The van der Waals surface area contributed by atoms with Crippen molar-refractivity contribution in [1.29, 1.82) is 0 Å². The van der Waals surface area contributed by atoms with Crippen molar-refractivity contribution < 1.29 is 8.42 Å². The van der Waals surface area contributed by atoms with Crippen molar-refractivity contribution in [2.45, 2.75) is 43.9 Å². The molecule has 21 heavy (non-hydrogen) atoms. The van der Waals surface area contributed by atoms with E-state index in [-0.39, 0.29) is 0 Å². The van der Waals surface area contributed by atoms with E-state index in [0.29, 0.717) is 23.9 Å². The third kappa shape index (κ3) is 2.94. The molecule has 3 rings (SSSR count). The van der Waals surface area contributed by atoms with Crippen LogP contribution in [0.4, 0.5) is 5.69 Å². The zero-order valence-corrected chi connectivity index (χ0v) is 13.5. The second-order valence-corrected chi connectivity index (χ2v) is 8.04. The molecule has 0 bridgehead atoms. The number of nitrogens with zero attached hydrogens (tertiary/aromatic N) is 1. The Morgan fingerprint density at radius 3 is 2.76 bits per heavy atom. The van der Waals surface area contributed by atoms with Crippen LogP contribution in [0.25, 0.3) is 0 Å². The molecule has 0 amide bonds. The van der Waals surface area contributed by atoms with Crippen molar-refractivity contribution in [1.82, 2.24) is 4.31 Å². The van der Waals surface area contributed by atoms with Crippen LogP contribution in [0.3, 0.4) is 0 Å². The molecule has 2 aliphatic rings. The normalized spacial score (nSPS) is 19.0. The van der Waals surface area contributed by atoms with E-state index < -0.39 is 10.0 Å². The van der Waals surface area contributed by atoms with Crippen LogP contribution in [-0.2, 0) is 16.4 Å². The zero-order chi connectivity index (χ0) is 14.9. The summed E-state index contributed by atoms with van der Waals surface area (Å²) in [6, 6.07) is 5.55. The fraction of sp³-hybridized carbons (Fsp3) is 0.625. The quantitative estimate of drug-likeness (QED) is 0.910. The van der Waals surface area contributed by atoms with E-state index in [0.717, 1.165) is 37.9 Å². The summed E-state index contributed by atoms with van der Waals surface area (Å²) >= 11 is 0. The Labute approximate surface area is 127 Å². The van der Waals surface area contributed by atoms with Gasteiger partial charge in [0, 0.05) is 25.3 Å². The Morgan fingerprint density at radius 2 is 2.10 bits per heavy atom. The topological polar surface area (TPSA) is 49.4 Å². The average Bonchev–Trinajstić information content (AvgIpc) is 2.45. The van der Waals surface area contributed by atoms with Gasteiger partial charge in [-0.25, -0.2) is 8.42 Å². The molecular weight excluding hydrogens is 284 g/mol. The molecule has 1 saturated carbocycles. The average molecular weight is 308 g/mol. The smallest absolute Gasteiger partial charge is 0.243 e. The summed E-state index contributed by atoms with van der Waals surface area (Å²) < 4.78 is 27.3. The van der Waals surface area contributed by atoms with E-state index in [1.807, 2.05) is 19.1 Å². The van der Waals surface area contributed by atoms with Crippen LogP contribution in [0.5, 0.6) is 0 Å². The van der Waals surface area contributed by atoms with Gasteiger partial charge in [0.25, 0.3) is 0 Å². The first kappa shape index (κ1) is 14.9. The molecule has 4 nitrogen and oxygen atoms in total. The van der Waals surface area contributed by atoms with Gasteiger partial charge in [-0.3, -0.25) is 0 Å². The van der Waals surface area contributed by atoms with Crippen molar-refractivity contribution >= 4 is 15.7 Å². The van der Waals surface area contributed by atoms with Crippen molar-refractivity contribution in [3.63, 3.8) is 0 Å². The van der Waals surface area contributed by atoms with E-state index in [4.69, 9.17) is 0 Å². The molecule has 0 atom stereocenters. The van der Waals surface area contributed by atoms with E-state index in [1.165, 1.54) is 12.0 Å². The van der Waals surface area contributed by atoms with Gasteiger partial charge in [0.15, 0.2) is 0 Å². The van der Waals surface area contributed by atoms with E-state index >= 15 is 0 Å². The highest BCUT2D eigenvalue weighted by molar-refractivity contribution is 7.89. The standard InChI is InChI=1S/C16H24N2O2S/c1-2-18(12-13-5-3-6-13)21(19,20)15-9-8-14-7-4-10-17-16(14)11-15/h8-9,11,13,17H,2-7,10,12H2,1H3. The van der Waals surface area contributed by atoms with Crippen molar-refractivity contribution in [3.8, 4) is 0 Å². The van der Waals surface area contributed by atoms with Gasteiger partial charge in [-0.2, -0.15) is 4.31 Å². The maximum atomic E-state index is 12.8. The summed E-state index contributed by atoms with van der Waals surface area (Å²) in [5.41, 5.74) is 2.21. The van der Waals surface area contributed by atoms with Gasteiger partial charge in [0.05, 0.1) is 4.90 Å². The fourth-order valence-corrected chi connectivity index (χ4v) is 4.66. The molecule has 1 aromatic carbocycles. The second kappa shape index (κ2) is 5.97. The summed E-state index contributed by atoms with van der Waals surface area (Å²) in [5, 5.41) is 3.31. The lowest BCUT2D eigenvalue weighted by Gasteiger charge is -2.31. The molecule has 0 saturated heterocycles. The van der Waals surface area contributed by atoms with Crippen LogP contribution in [0.2, 0.25) is 0 Å². The van der Waals surface area contributed by atoms with Crippen molar-refractivity contribution in [3.05, 3.63) is 23.8 Å². The summed E-state index contributed by atoms with van der Waals surface area (Å²) in [5.74, 6) is 0.551. The summed E-state index contributed by atoms with van der Waals surface area (Å²) in [6.45, 7) is 4.07. The Hall–Kier alpha value is -1.07. The molecule has 0 spiro atoms. The molecule has 116 valence electrons. The minimum absolute atomic E-state index is 0.428. The number of aryl methyl sites for hydroxylation is 1. The Balaban J connectivity index is 1.85. The number of benzene rings is 1. The third-order valence-corrected chi connectivity index (χ3v) is 6.63. The number of hydrogen-bond acceptors (Lipinski definition) is 3. The minimum atomic E-state index is -3.36. The first-order valence-electron chi connectivity index (χ1n) is 7.98. The minimum Gasteiger partial charge on any atom is -0.385 e. The molecule has 1 N–H and O–H groups in total. The highest BCUT2D eigenvalue weighted by Gasteiger charge is 2.29. The summed E-state index contributed by atoms with van der Waals surface area (Å²) in [4.78, 5) is 0.428. The maximum Gasteiger partial charge on any atom is 0.243 e. The monoisotopic (exact) mass is 308 g/mol. The predicted octanol–water partition coefficient (Wildman–Crippen LogP) is 2.86. The fourth-order valence-electron chi connectivity index (χ4n) is 3.11. The molecule has 0 unspecified atom stereocenters. The molecule has 1 fully saturated rings. The predicted molar refractivity (Wildman–Crippen MR) is 85.0 cm³/mol. The highest BCUT2D eigenvalue weighted by Crippen LogP contribution is 2.30. The zero-order valence-electron chi connectivity index (χ0n) is 12.6. The number of nitrogens with one attached hydrogen (secondary N) is 1. The van der Waals surface area contributed by atoms with Crippen LogP contribution >= 0.6 is 0 Å². The molecule has 1 heterocycles. The largest absolute Gasteiger partial charge is 0.385 e. The van der Waals surface area contributed by atoms with Crippen molar-refractivity contribution in [2.75, 3.05) is 25.0 Å². The molecule has 1 aromatic rings. The lowest BCUT2D eigenvalue weighted by Crippen LogP contribution is -2.37. The maximum absolute atomic E-state index is 12.8.